The molecule has 1 aromatic heterocycles. The molecule has 4 aliphatic rings. The van der Waals surface area contributed by atoms with Crippen molar-refractivity contribution in [3.63, 3.8) is 0 Å². The molecule has 59 heavy (non-hydrogen) atoms. The van der Waals surface area contributed by atoms with Gasteiger partial charge in [-0.3, -0.25) is 47.7 Å². The Morgan fingerprint density at radius 2 is 1.29 bits per heavy atom. The topological polar surface area (TPSA) is 247 Å². The summed E-state index contributed by atoms with van der Waals surface area (Å²) in [5.41, 5.74) is 9.23. The van der Waals surface area contributed by atoms with Crippen molar-refractivity contribution in [2.24, 2.45) is 28.3 Å². The first kappa shape index (κ1) is 44.4. The summed E-state index contributed by atoms with van der Waals surface area (Å²) in [6.45, 7) is 5.99. The molecule has 1 aromatic carbocycles. The Bertz CT molecular complexity index is 2430. The number of primary amides is 2. The second-order valence-corrected chi connectivity index (χ2v) is 20.0. The Morgan fingerprint density at radius 3 is 1.78 bits per heavy atom. The highest BCUT2D eigenvalue weighted by atomic mass is 33.1. The lowest BCUT2D eigenvalue weighted by Gasteiger charge is -2.25. The minimum Gasteiger partial charge on any atom is -0.494 e. The van der Waals surface area contributed by atoms with Gasteiger partial charge in [0.05, 0.1) is 40.1 Å². The van der Waals surface area contributed by atoms with Gasteiger partial charge < -0.3 is 31.9 Å². The van der Waals surface area contributed by atoms with E-state index in [1.165, 1.54) is 12.1 Å². The summed E-state index contributed by atoms with van der Waals surface area (Å²) in [5, 5.41) is 17.8. The van der Waals surface area contributed by atoms with Crippen LogP contribution < -0.4 is 48.9 Å². The monoisotopic (exact) mass is 887 g/mol. The number of nitrogens with two attached hydrogens (primary N) is 2. The maximum absolute atomic E-state index is 14.7. The van der Waals surface area contributed by atoms with Gasteiger partial charge in [0.25, 0.3) is 16.7 Å². The molecule has 0 bridgehead atoms. The maximum Gasteiger partial charge on any atom is 0.265 e. The number of rotatable bonds is 19. The lowest BCUT2D eigenvalue weighted by molar-refractivity contribution is -0.124. The van der Waals surface area contributed by atoms with E-state index in [1.54, 1.807) is 63.9 Å². The summed E-state index contributed by atoms with van der Waals surface area (Å²) in [5.74, 6) is 0.351. The summed E-state index contributed by atoms with van der Waals surface area (Å²) in [7, 11) is 6.62. The SMILES string of the molecule is CCOc1cc2c(O)n([C@@H](CCCCNC(=O)C3CSSC3)C(N)=O)c(=O)c3c(=NC(C)C)cc4c(=O)n([C@@H](CCCCNC(=O)C5CSSC5)C(N)=O)c(=O)c1c-4c23. The van der Waals surface area contributed by atoms with E-state index in [-0.39, 0.29) is 86.9 Å². The van der Waals surface area contributed by atoms with Crippen molar-refractivity contribution in [1.29, 1.82) is 0 Å². The molecule has 318 valence electrons. The van der Waals surface area contributed by atoms with E-state index in [9.17, 15) is 38.7 Å². The van der Waals surface area contributed by atoms with Gasteiger partial charge in [-0.1, -0.05) is 43.2 Å². The van der Waals surface area contributed by atoms with Crippen LogP contribution in [0.15, 0.2) is 31.5 Å². The van der Waals surface area contributed by atoms with E-state index in [0.29, 0.717) is 38.8 Å². The molecule has 4 amide bonds. The first-order chi connectivity index (χ1) is 28.3. The van der Waals surface area contributed by atoms with Crippen LogP contribution in [0, 0.1) is 11.8 Å². The number of nitrogens with one attached hydrogen (secondary N) is 2. The molecule has 0 radical (unpaired) electrons. The third-order valence-electron chi connectivity index (χ3n) is 10.5. The van der Waals surface area contributed by atoms with Gasteiger partial charge in [0, 0.05) is 58.5 Å². The van der Waals surface area contributed by atoms with E-state index in [4.69, 9.17) is 16.2 Å². The molecule has 0 saturated carbocycles. The van der Waals surface area contributed by atoms with Crippen LogP contribution in [0.3, 0.4) is 0 Å². The quantitative estimate of drug-likeness (QED) is 0.0517. The highest BCUT2D eigenvalue weighted by Gasteiger charge is 2.34. The highest BCUT2D eigenvalue weighted by molar-refractivity contribution is 8.77. The number of benzene rings is 2. The van der Waals surface area contributed by atoms with Crippen LogP contribution in [0.2, 0.25) is 0 Å². The number of aromatic nitrogens is 2. The second-order valence-electron chi connectivity index (χ2n) is 14.9. The third kappa shape index (κ3) is 9.29. The standard InChI is InChI=1S/C39H49N7O9S4/c1-4-55-27-14-23-28-29-22(36(51)46(39(54)31(27)29)26(33(41)48)10-6-8-12-43-35(50)21-17-58-59-18-21)13-24(44-19(2)3)30(28)38(53)45(37(23)52)25(32(40)47)9-5-7-11-42-34(49)20-15-56-57-16-20/h13-14,19-21,25-26,52H,4-12,15-18H2,1-3H3,(H2,40,47)(H2,41,48)(H,42,49)(H,43,50)/t25-,26-/m0/s1. The number of hydrogen-bond acceptors (Lipinski definition) is 14. The number of pyridine rings is 2. The Morgan fingerprint density at radius 1 is 0.780 bits per heavy atom. The van der Waals surface area contributed by atoms with E-state index >= 15 is 0 Å². The predicted octanol–water partition coefficient (Wildman–Crippen LogP) is 2.72. The Labute approximate surface area is 355 Å². The number of hydrogen-bond donors (Lipinski definition) is 5. The van der Waals surface area contributed by atoms with Crippen molar-refractivity contribution in [2.45, 2.75) is 77.4 Å². The van der Waals surface area contributed by atoms with Gasteiger partial charge >= 0.3 is 0 Å². The first-order valence-corrected chi connectivity index (χ1v) is 24.7. The summed E-state index contributed by atoms with van der Waals surface area (Å²) in [6.07, 6.45) is 1.77. The first-order valence-electron chi connectivity index (χ1n) is 19.7. The molecule has 16 nitrogen and oxygen atoms in total. The molecular weight excluding hydrogens is 839 g/mol. The van der Waals surface area contributed by atoms with Gasteiger partial charge in [-0.2, -0.15) is 0 Å². The average molecular weight is 888 g/mol. The minimum absolute atomic E-state index is 0.0204. The van der Waals surface area contributed by atoms with Crippen molar-refractivity contribution in [3.8, 4) is 22.8 Å². The molecule has 2 saturated heterocycles. The van der Waals surface area contributed by atoms with E-state index in [2.05, 4.69) is 15.6 Å². The van der Waals surface area contributed by atoms with Crippen LogP contribution in [0.1, 0.15) is 71.4 Å². The van der Waals surface area contributed by atoms with Crippen LogP contribution in [0.4, 0.5) is 0 Å². The lowest BCUT2D eigenvalue weighted by atomic mass is 9.89. The number of ether oxygens (including phenoxy) is 1. The summed E-state index contributed by atoms with van der Waals surface area (Å²) >= 11 is 0. The fourth-order valence-corrected chi connectivity index (χ4v) is 13.2. The lowest BCUT2D eigenvalue weighted by Crippen LogP contribution is -2.44. The Kier molecular flexibility index (Phi) is 14.7. The summed E-state index contributed by atoms with van der Waals surface area (Å²) < 4.78 is 7.72. The zero-order valence-electron chi connectivity index (χ0n) is 33.1. The van der Waals surface area contributed by atoms with Crippen LogP contribution in [-0.2, 0) is 19.2 Å². The average Bonchev–Trinajstić information content (AvgIpc) is 3.93. The molecule has 20 heteroatoms. The smallest absolute Gasteiger partial charge is 0.265 e. The molecule has 0 unspecified atom stereocenters. The predicted molar refractivity (Wildman–Crippen MR) is 236 cm³/mol. The van der Waals surface area contributed by atoms with Gasteiger partial charge in [0.2, 0.25) is 29.5 Å². The number of unbranched alkanes of at least 4 members (excludes halogenated alkanes) is 2. The molecule has 1 aliphatic carbocycles. The normalized spacial score (nSPS) is 16.4. The van der Waals surface area contributed by atoms with Crippen molar-refractivity contribution in [2.75, 3.05) is 42.7 Å². The van der Waals surface area contributed by atoms with Gasteiger partial charge in [-0.25, -0.2) is 0 Å². The molecule has 3 aliphatic heterocycles. The van der Waals surface area contributed by atoms with Gasteiger partial charge in [0.1, 0.15) is 17.8 Å². The molecule has 4 heterocycles. The zero-order valence-corrected chi connectivity index (χ0v) is 36.3. The van der Waals surface area contributed by atoms with E-state index in [0.717, 1.165) is 32.1 Å². The van der Waals surface area contributed by atoms with Gasteiger partial charge in [-0.05, 0) is 71.4 Å². The second kappa shape index (κ2) is 19.5. The highest BCUT2D eigenvalue weighted by Crippen LogP contribution is 2.43. The van der Waals surface area contributed by atoms with Crippen LogP contribution in [0.5, 0.6) is 11.6 Å². The van der Waals surface area contributed by atoms with Crippen LogP contribution >= 0.6 is 43.2 Å². The van der Waals surface area contributed by atoms with Crippen molar-refractivity contribution in [1.82, 2.24) is 19.8 Å². The van der Waals surface area contributed by atoms with E-state index in [1.807, 2.05) is 0 Å². The molecule has 2 aromatic rings. The Hall–Kier alpha value is -4.14. The van der Waals surface area contributed by atoms with Gasteiger partial charge in [-0.15, -0.1) is 0 Å². The number of amides is 4. The number of aromatic hydroxyl groups is 1. The summed E-state index contributed by atoms with van der Waals surface area (Å²) in [4.78, 5) is 99.5. The van der Waals surface area contributed by atoms with Crippen LogP contribution in [0.25, 0.3) is 32.7 Å². The van der Waals surface area contributed by atoms with Crippen molar-refractivity contribution in [3.05, 3.63) is 48.6 Å². The molecule has 2 atom stereocenters. The summed E-state index contributed by atoms with van der Waals surface area (Å²) in [6, 6.07) is -0.288. The molecule has 2 fully saturated rings. The number of nitrogens with zero attached hydrogens (tertiary/aromatic N) is 3. The van der Waals surface area contributed by atoms with E-state index < -0.39 is 52.5 Å². The molecule has 6 rings (SSSR count). The molecular formula is C39H49N7O9S4. The van der Waals surface area contributed by atoms with Crippen LogP contribution in [-0.4, -0.2) is 86.6 Å². The number of carbonyl (C=O) groups excluding carboxylic acids is 4. The van der Waals surface area contributed by atoms with Gasteiger partial charge in [0.15, 0.2) is 0 Å². The fourth-order valence-electron chi connectivity index (χ4n) is 7.64. The molecule has 7 N–H and O–H groups in total. The Balaban J connectivity index is 1.43. The largest absolute Gasteiger partial charge is 0.494 e. The minimum atomic E-state index is -1.36. The third-order valence-corrected chi connectivity index (χ3v) is 15.6. The zero-order chi connectivity index (χ0) is 42.5. The molecule has 0 spiro atoms. The number of carbonyl (C=O) groups is 4. The maximum atomic E-state index is 14.7. The fraction of sp³-hybridized carbons (Fsp3) is 0.538. The van der Waals surface area contributed by atoms with Crippen molar-refractivity contribution >= 4 is 88.3 Å². The van der Waals surface area contributed by atoms with Crippen molar-refractivity contribution < 1.29 is 29.0 Å².